The van der Waals surface area contributed by atoms with E-state index in [-0.39, 0.29) is 17.1 Å². The van der Waals surface area contributed by atoms with Crippen molar-refractivity contribution in [2.75, 3.05) is 31.1 Å². The largest absolute Gasteiger partial charge is 0.507 e. The first kappa shape index (κ1) is 24.7. The van der Waals surface area contributed by atoms with Crippen LogP contribution in [0, 0.1) is 19.7 Å². The Kier molecular flexibility index (Phi) is 7.06. The summed E-state index contributed by atoms with van der Waals surface area (Å²) in [4.78, 5) is 22.4. The third-order valence-electron chi connectivity index (χ3n) is 7.13. The average Bonchev–Trinajstić information content (AvgIpc) is 2.91. The van der Waals surface area contributed by atoms with Crippen molar-refractivity contribution in [2.45, 2.75) is 26.4 Å². The van der Waals surface area contributed by atoms with E-state index < -0.39 is 6.04 Å². The molecule has 1 aliphatic rings. The van der Waals surface area contributed by atoms with Crippen molar-refractivity contribution in [1.82, 2.24) is 14.5 Å². The van der Waals surface area contributed by atoms with Gasteiger partial charge in [0, 0.05) is 44.3 Å². The number of para-hydroxylation sites is 1. The highest BCUT2D eigenvalue weighted by molar-refractivity contribution is 5.48. The maximum Gasteiger partial charge on any atom is 0.259 e. The molecule has 0 aliphatic carbocycles. The molecule has 1 saturated heterocycles. The van der Waals surface area contributed by atoms with E-state index in [1.54, 1.807) is 35.2 Å². The zero-order chi connectivity index (χ0) is 25.9. The lowest BCUT2D eigenvalue weighted by Gasteiger charge is -2.40. The molecule has 0 radical (unpaired) electrons. The molecule has 190 valence electrons. The van der Waals surface area contributed by atoms with Crippen LogP contribution >= 0.6 is 0 Å². The van der Waals surface area contributed by atoms with Crippen molar-refractivity contribution < 1.29 is 9.50 Å². The zero-order valence-electron chi connectivity index (χ0n) is 21.1. The van der Waals surface area contributed by atoms with E-state index in [4.69, 9.17) is 0 Å². The second kappa shape index (κ2) is 10.6. The van der Waals surface area contributed by atoms with E-state index in [9.17, 15) is 14.3 Å². The monoisotopic (exact) mass is 498 g/mol. The molecule has 2 aromatic heterocycles. The van der Waals surface area contributed by atoms with E-state index in [2.05, 4.69) is 9.88 Å². The zero-order valence-corrected chi connectivity index (χ0v) is 21.1. The lowest BCUT2D eigenvalue weighted by atomic mass is 9.95. The molecule has 6 nitrogen and oxygen atoms in total. The molecular weight excluding hydrogens is 467 g/mol. The lowest BCUT2D eigenvalue weighted by molar-refractivity contribution is 0.207. The normalized spacial score (nSPS) is 15.1. The Labute approximate surface area is 216 Å². The van der Waals surface area contributed by atoms with Crippen LogP contribution in [0.5, 0.6) is 5.75 Å². The third kappa shape index (κ3) is 5.13. The number of pyridine rings is 2. The number of hydrogen-bond acceptors (Lipinski definition) is 5. The fourth-order valence-corrected chi connectivity index (χ4v) is 5.13. The number of anilines is 1. The van der Waals surface area contributed by atoms with Crippen LogP contribution in [0.2, 0.25) is 0 Å². The van der Waals surface area contributed by atoms with E-state index in [1.807, 2.05) is 61.2 Å². The van der Waals surface area contributed by atoms with Gasteiger partial charge in [0.15, 0.2) is 0 Å². The summed E-state index contributed by atoms with van der Waals surface area (Å²) in [5, 5.41) is 11.1. The van der Waals surface area contributed by atoms with E-state index >= 15 is 0 Å². The van der Waals surface area contributed by atoms with Crippen LogP contribution in [0.3, 0.4) is 0 Å². The van der Waals surface area contributed by atoms with Crippen molar-refractivity contribution >= 4 is 5.69 Å². The molecule has 0 unspecified atom stereocenters. The molecule has 37 heavy (non-hydrogen) atoms. The average molecular weight is 499 g/mol. The SMILES string of the molecule is Cc1ccc([C@@H](c2c(O)cc(C)n(Cc3cccnc3)c2=O)N2CCN(c3ccccc3F)CC2)cc1. The maximum absolute atomic E-state index is 14.4. The molecule has 1 N–H and O–H groups in total. The molecule has 3 heterocycles. The summed E-state index contributed by atoms with van der Waals surface area (Å²) in [7, 11) is 0. The van der Waals surface area contributed by atoms with Crippen LogP contribution in [0.25, 0.3) is 0 Å². The Morgan fingerprint density at radius 1 is 0.973 bits per heavy atom. The van der Waals surface area contributed by atoms with Gasteiger partial charge in [0.25, 0.3) is 5.56 Å². The third-order valence-corrected chi connectivity index (χ3v) is 7.13. The van der Waals surface area contributed by atoms with Crippen LogP contribution in [-0.2, 0) is 6.54 Å². The fraction of sp³-hybridized carbons (Fsp3) is 0.267. The first-order valence-electron chi connectivity index (χ1n) is 12.5. The smallest absolute Gasteiger partial charge is 0.259 e. The second-order valence-corrected chi connectivity index (χ2v) is 9.62. The van der Waals surface area contributed by atoms with Gasteiger partial charge in [-0.05, 0) is 49.2 Å². The second-order valence-electron chi connectivity index (χ2n) is 9.62. The summed E-state index contributed by atoms with van der Waals surface area (Å²) in [6, 6.07) is 19.9. The summed E-state index contributed by atoms with van der Waals surface area (Å²) in [6.07, 6.45) is 3.45. The molecule has 7 heteroatoms. The van der Waals surface area contributed by atoms with Gasteiger partial charge < -0.3 is 14.6 Å². The predicted octanol–water partition coefficient (Wildman–Crippen LogP) is 4.66. The summed E-state index contributed by atoms with van der Waals surface area (Å²) in [6.45, 7) is 6.67. The number of aromatic hydroxyl groups is 1. The van der Waals surface area contributed by atoms with Gasteiger partial charge in [-0.3, -0.25) is 14.7 Å². The Hall–Kier alpha value is -3.97. The molecule has 1 aliphatic heterocycles. The van der Waals surface area contributed by atoms with Crippen LogP contribution in [0.4, 0.5) is 10.1 Å². The highest BCUT2D eigenvalue weighted by Crippen LogP contribution is 2.34. The molecular formula is C30H31FN4O2. The molecule has 2 aromatic carbocycles. The number of hydrogen-bond donors (Lipinski definition) is 1. The van der Waals surface area contributed by atoms with Gasteiger partial charge in [-0.2, -0.15) is 0 Å². The van der Waals surface area contributed by atoms with Crippen LogP contribution in [0.1, 0.15) is 34.0 Å². The number of aromatic nitrogens is 2. The number of piperazine rings is 1. The maximum atomic E-state index is 14.4. The van der Waals surface area contributed by atoms with Crippen molar-refractivity contribution in [3.05, 3.63) is 123 Å². The Morgan fingerprint density at radius 3 is 2.38 bits per heavy atom. The summed E-state index contributed by atoms with van der Waals surface area (Å²) in [5.41, 5.74) is 4.38. The number of nitrogens with zero attached hydrogens (tertiary/aromatic N) is 4. The minimum atomic E-state index is -0.434. The minimum Gasteiger partial charge on any atom is -0.507 e. The predicted molar refractivity (Wildman–Crippen MR) is 144 cm³/mol. The number of rotatable bonds is 6. The Bertz CT molecular complexity index is 1430. The van der Waals surface area contributed by atoms with Gasteiger partial charge in [0.05, 0.1) is 23.8 Å². The Balaban J connectivity index is 1.53. The molecule has 0 spiro atoms. The minimum absolute atomic E-state index is 0.00737. The molecule has 0 amide bonds. The van der Waals surface area contributed by atoms with Crippen molar-refractivity contribution in [3.8, 4) is 5.75 Å². The summed E-state index contributed by atoms with van der Waals surface area (Å²) in [5.74, 6) is -0.243. The lowest BCUT2D eigenvalue weighted by Crippen LogP contribution is -2.49. The highest BCUT2D eigenvalue weighted by atomic mass is 19.1. The standard InChI is InChI=1S/C30H31FN4O2/c1-21-9-11-24(12-10-21)29(34-16-14-33(15-17-34)26-8-4-3-7-25(26)31)28-27(36)18-22(2)35(30(28)37)20-23-6-5-13-32-19-23/h3-13,18-19,29,36H,14-17,20H2,1-2H3/t29-/m0/s1. The van der Waals surface area contributed by atoms with E-state index in [1.165, 1.54) is 6.07 Å². The number of benzene rings is 2. The van der Waals surface area contributed by atoms with Crippen LogP contribution in [-0.4, -0.2) is 45.7 Å². The summed E-state index contributed by atoms with van der Waals surface area (Å²) < 4.78 is 16.1. The molecule has 1 fully saturated rings. The molecule has 0 bridgehead atoms. The van der Waals surface area contributed by atoms with Gasteiger partial charge in [-0.15, -0.1) is 0 Å². The van der Waals surface area contributed by atoms with Crippen molar-refractivity contribution in [3.63, 3.8) is 0 Å². The first-order chi connectivity index (χ1) is 17.9. The van der Waals surface area contributed by atoms with Gasteiger partial charge in [0.1, 0.15) is 11.6 Å². The number of halogens is 1. The molecule has 0 saturated carbocycles. The highest BCUT2D eigenvalue weighted by Gasteiger charge is 2.32. The topological polar surface area (TPSA) is 61.6 Å². The van der Waals surface area contributed by atoms with Gasteiger partial charge >= 0.3 is 0 Å². The van der Waals surface area contributed by atoms with E-state index in [0.29, 0.717) is 49.7 Å². The van der Waals surface area contributed by atoms with Gasteiger partial charge in [-0.25, -0.2) is 4.39 Å². The van der Waals surface area contributed by atoms with Gasteiger partial charge in [-0.1, -0.05) is 48.0 Å². The van der Waals surface area contributed by atoms with Crippen molar-refractivity contribution in [2.24, 2.45) is 0 Å². The van der Waals surface area contributed by atoms with Crippen LogP contribution in [0.15, 0.2) is 83.9 Å². The quantitative estimate of drug-likeness (QED) is 0.419. The molecule has 4 aromatic rings. The van der Waals surface area contributed by atoms with Crippen molar-refractivity contribution in [1.29, 1.82) is 0 Å². The summed E-state index contributed by atoms with van der Waals surface area (Å²) >= 11 is 0. The first-order valence-corrected chi connectivity index (χ1v) is 12.5. The van der Waals surface area contributed by atoms with Gasteiger partial charge in [0.2, 0.25) is 0 Å². The number of aryl methyl sites for hydroxylation is 2. The molecule has 1 atom stereocenters. The van der Waals surface area contributed by atoms with Crippen LogP contribution < -0.4 is 10.5 Å². The molecule has 5 rings (SSSR count). The van der Waals surface area contributed by atoms with E-state index in [0.717, 1.165) is 16.7 Å². The fourth-order valence-electron chi connectivity index (χ4n) is 5.13. The Morgan fingerprint density at radius 2 is 1.70 bits per heavy atom.